The first kappa shape index (κ1) is 28.0. The quantitative estimate of drug-likeness (QED) is 0.270. The molecule has 0 bridgehead atoms. The van der Waals surface area contributed by atoms with Gasteiger partial charge in [-0.2, -0.15) is 18.3 Å². The highest BCUT2D eigenvalue weighted by Gasteiger charge is 2.30. The van der Waals surface area contributed by atoms with Gasteiger partial charge in [-0.1, -0.05) is 26.0 Å². The average Bonchev–Trinajstić information content (AvgIpc) is 3.27. The van der Waals surface area contributed by atoms with Crippen molar-refractivity contribution in [1.82, 2.24) is 14.8 Å². The van der Waals surface area contributed by atoms with Crippen LogP contribution in [0, 0.1) is 0 Å². The first-order valence-electron chi connectivity index (χ1n) is 12.4. The zero-order valence-electron chi connectivity index (χ0n) is 21.2. The number of carboxylic acid groups (broad SMARTS) is 1. The lowest BCUT2D eigenvalue weighted by atomic mass is 9.95. The predicted molar refractivity (Wildman–Crippen MR) is 132 cm³/mol. The van der Waals surface area contributed by atoms with Crippen molar-refractivity contribution in [3.63, 3.8) is 0 Å². The molecular formula is C27H32F3N3O4. The van der Waals surface area contributed by atoms with Gasteiger partial charge in [0, 0.05) is 23.9 Å². The maximum atomic E-state index is 12.9. The van der Waals surface area contributed by atoms with Crippen molar-refractivity contribution in [2.45, 2.75) is 65.0 Å². The Morgan fingerprint density at radius 2 is 1.84 bits per heavy atom. The fraction of sp³-hybridized carbons (Fsp3) is 0.444. The molecule has 200 valence electrons. The van der Waals surface area contributed by atoms with E-state index in [0.29, 0.717) is 48.9 Å². The van der Waals surface area contributed by atoms with Gasteiger partial charge < -0.3 is 14.6 Å². The minimum atomic E-state index is -4.45. The summed E-state index contributed by atoms with van der Waals surface area (Å²) in [5, 5.41) is 13.9. The number of aliphatic carboxylic acids is 1. The van der Waals surface area contributed by atoms with Crippen LogP contribution in [-0.2, 0) is 23.8 Å². The Morgan fingerprint density at radius 1 is 1.08 bits per heavy atom. The standard InChI is InChI=1S/C27H32F3N3O4/c1-4-18(5-2)25-20(17-33(32-25)23-13-12-21(16-31-23)27(28,29)30)10-8-14-37-26-19(15-24(34)35)9-7-11-22(26)36-6-3/h7,9,11-13,16-18H,4-6,8,10,14-15H2,1-3H3,(H,34,35). The smallest absolute Gasteiger partial charge is 0.417 e. The van der Waals surface area contributed by atoms with E-state index in [4.69, 9.17) is 9.47 Å². The zero-order valence-corrected chi connectivity index (χ0v) is 21.2. The van der Waals surface area contributed by atoms with E-state index in [1.54, 1.807) is 18.2 Å². The van der Waals surface area contributed by atoms with E-state index in [0.717, 1.165) is 36.4 Å². The van der Waals surface area contributed by atoms with E-state index >= 15 is 0 Å². The molecule has 1 N–H and O–H groups in total. The molecule has 0 spiro atoms. The second kappa shape index (κ2) is 12.6. The van der Waals surface area contributed by atoms with Crippen LogP contribution in [0.1, 0.15) is 68.3 Å². The van der Waals surface area contributed by atoms with Crippen molar-refractivity contribution >= 4 is 5.97 Å². The van der Waals surface area contributed by atoms with Crippen LogP contribution in [0.3, 0.4) is 0 Å². The number of para-hydroxylation sites is 1. The summed E-state index contributed by atoms with van der Waals surface area (Å²) < 4.78 is 51.9. The molecule has 7 nitrogen and oxygen atoms in total. The molecule has 0 saturated heterocycles. The van der Waals surface area contributed by atoms with Gasteiger partial charge in [0.15, 0.2) is 17.3 Å². The van der Waals surface area contributed by atoms with Crippen molar-refractivity contribution < 1.29 is 32.5 Å². The molecule has 0 atom stereocenters. The molecule has 37 heavy (non-hydrogen) atoms. The Labute approximate surface area is 214 Å². The molecule has 1 aromatic carbocycles. The Morgan fingerprint density at radius 3 is 2.43 bits per heavy atom. The number of rotatable bonds is 13. The molecule has 0 saturated carbocycles. The van der Waals surface area contributed by atoms with Gasteiger partial charge in [0.1, 0.15) is 0 Å². The van der Waals surface area contributed by atoms with Gasteiger partial charge >= 0.3 is 12.1 Å². The molecule has 10 heteroatoms. The number of halogens is 3. The highest BCUT2D eigenvalue weighted by Crippen LogP contribution is 2.33. The lowest BCUT2D eigenvalue weighted by molar-refractivity contribution is -0.138. The second-order valence-corrected chi connectivity index (χ2v) is 8.60. The van der Waals surface area contributed by atoms with Crippen LogP contribution in [0.15, 0.2) is 42.7 Å². The van der Waals surface area contributed by atoms with E-state index in [2.05, 4.69) is 23.9 Å². The number of hydrogen-bond acceptors (Lipinski definition) is 5. The third-order valence-electron chi connectivity index (χ3n) is 6.04. The van der Waals surface area contributed by atoms with Crippen LogP contribution in [0.25, 0.3) is 5.82 Å². The largest absolute Gasteiger partial charge is 0.490 e. The number of alkyl halides is 3. The molecule has 3 aromatic rings. The minimum absolute atomic E-state index is 0.179. The fourth-order valence-corrected chi connectivity index (χ4v) is 4.17. The minimum Gasteiger partial charge on any atom is -0.490 e. The molecule has 0 unspecified atom stereocenters. The summed E-state index contributed by atoms with van der Waals surface area (Å²) in [6.07, 6.45) is 0.979. The number of aryl methyl sites for hydroxylation is 1. The van der Waals surface area contributed by atoms with Crippen LogP contribution in [0.2, 0.25) is 0 Å². The number of ether oxygens (including phenoxy) is 2. The van der Waals surface area contributed by atoms with Gasteiger partial charge in [-0.25, -0.2) is 9.67 Å². The molecule has 3 rings (SSSR count). The number of aromatic nitrogens is 3. The Bertz CT molecular complexity index is 1170. The van der Waals surface area contributed by atoms with Gasteiger partial charge in [-0.05, 0) is 56.4 Å². The first-order valence-corrected chi connectivity index (χ1v) is 12.4. The summed E-state index contributed by atoms with van der Waals surface area (Å²) in [6, 6.07) is 7.50. The summed E-state index contributed by atoms with van der Waals surface area (Å²) >= 11 is 0. The Hall–Kier alpha value is -3.56. The van der Waals surface area contributed by atoms with E-state index in [-0.39, 0.29) is 12.3 Å². The summed E-state index contributed by atoms with van der Waals surface area (Å²) in [4.78, 5) is 15.3. The number of benzene rings is 1. The SMILES string of the molecule is CCOc1cccc(CC(=O)O)c1OCCCc1cn(-c2ccc(C(F)(F)F)cn2)nc1C(CC)CC. The molecule has 0 aliphatic rings. The van der Waals surface area contributed by atoms with Crippen LogP contribution in [0.5, 0.6) is 11.5 Å². The first-order chi connectivity index (χ1) is 17.7. The lowest BCUT2D eigenvalue weighted by Crippen LogP contribution is -2.08. The maximum absolute atomic E-state index is 12.9. The third-order valence-corrected chi connectivity index (χ3v) is 6.04. The average molecular weight is 520 g/mol. The van der Waals surface area contributed by atoms with Crippen LogP contribution in [0.4, 0.5) is 13.2 Å². The van der Waals surface area contributed by atoms with Crippen molar-refractivity contribution in [3.05, 3.63) is 65.1 Å². The van der Waals surface area contributed by atoms with Gasteiger partial charge in [-0.15, -0.1) is 0 Å². The van der Waals surface area contributed by atoms with Gasteiger partial charge in [-0.3, -0.25) is 4.79 Å². The van der Waals surface area contributed by atoms with Crippen molar-refractivity contribution in [2.24, 2.45) is 0 Å². The van der Waals surface area contributed by atoms with Crippen LogP contribution in [-0.4, -0.2) is 39.1 Å². The highest BCUT2D eigenvalue weighted by molar-refractivity contribution is 5.72. The number of carbonyl (C=O) groups is 1. The van der Waals surface area contributed by atoms with Gasteiger partial charge in [0.2, 0.25) is 0 Å². The Balaban J connectivity index is 1.78. The molecule has 0 amide bonds. The number of nitrogens with zero attached hydrogens (tertiary/aromatic N) is 3. The van der Waals surface area contributed by atoms with Gasteiger partial charge in [0.25, 0.3) is 0 Å². The lowest BCUT2D eigenvalue weighted by Gasteiger charge is -2.15. The summed E-state index contributed by atoms with van der Waals surface area (Å²) in [5.74, 6) is 0.480. The molecule has 0 fully saturated rings. The maximum Gasteiger partial charge on any atom is 0.417 e. The summed E-state index contributed by atoms with van der Waals surface area (Å²) in [7, 11) is 0. The van der Waals surface area contributed by atoms with E-state index in [1.807, 2.05) is 13.1 Å². The van der Waals surface area contributed by atoms with Crippen molar-refractivity contribution in [1.29, 1.82) is 0 Å². The number of carboxylic acids is 1. The molecular weight excluding hydrogens is 487 g/mol. The van der Waals surface area contributed by atoms with E-state index < -0.39 is 17.7 Å². The van der Waals surface area contributed by atoms with Crippen molar-refractivity contribution in [3.8, 4) is 17.3 Å². The predicted octanol–water partition coefficient (Wildman–Crippen LogP) is 6.23. The molecule has 2 heterocycles. The summed E-state index contributed by atoms with van der Waals surface area (Å²) in [6.45, 7) is 6.73. The molecule has 0 aliphatic heterocycles. The van der Waals surface area contributed by atoms with E-state index in [1.165, 1.54) is 10.7 Å². The van der Waals surface area contributed by atoms with Crippen LogP contribution < -0.4 is 9.47 Å². The molecule has 0 aliphatic carbocycles. The zero-order chi connectivity index (χ0) is 27.0. The number of pyridine rings is 1. The molecule has 2 aromatic heterocycles. The highest BCUT2D eigenvalue weighted by atomic mass is 19.4. The number of hydrogen-bond donors (Lipinski definition) is 1. The normalized spacial score (nSPS) is 11.6. The molecule has 0 radical (unpaired) electrons. The Kier molecular flexibility index (Phi) is 9.54. The van der Waals surface area contributed by atoms with E-state index in [9.17, 15) is 23.1 Å². The fourth-order valence-electron chi connectivity index (χ4n) is 4.17. The summed E-state index contributed by atoms with van der Waals surface area (Å²) in [5.41, 5.74) is 1.60. The monoisotopic (exact) mass is 519 g/mol. The van der Waals surface area contributed by atoms with Gasteiger partial charge in [0.05, 0.1) is 30.9 Å². The second-order valence-electron chi connectivity index (χ2n) is 8.60. The third kappa shape index (κ3) is 7.24. The topological polar surface area (TPSA) is 86.5 Å². The van der Waals surface area contributed by atoms with Crippen LogP contribution >= 0.6 is 0 Å². The van der Waals surface area contributed by atoms with Crippen molar-refractivity contribution in [2.75, 3.05) is 13.2 Å².